The Balaban J connectivity index is 2.76. The molecule has 0 fully saturated rings. The molecule has 0 aliphatic heterocycles. The van der Waals surface area contributed by atoms with Crippen LogP contribution < -0.4 is 5.73 Å². The molecule has 0 aliphatic carbocycles. The van der Waals surface area contributed by atoms with E-state index in [0.717, 1.165) is 10.6 Å². The molecule has 0 saturated carbocycles. The van der Waals surface area contributed by atoms with Gasteiger partial charge in [0.05, 0.1) is 16.1 Å². The van der Waals surface area contributed by atoms with Crippen molar-refractivity contribution in [3.8, 4) is 0 Å². The first-order chi connectivity index (χ1) is 5.90. The number of carbonyl (C=O) groups is 1. The number of carbonyl (C=O) groups excluding carboxylic acids is 1. The lowest BCUT2D eigenvalue weighted by Crippen LogP contribution is -2.34. The van der Waals surface area contributed by atoms with E-state index in [1.165, 1.54) is 11.3 Å². The zero-order chi connectivity index (χ0) is 10.1. The number of ketones is 1. The minimum absolute atomic E-state index is 0.0903. The Morgan fingerprint density at radius 3 is 2.69 bits per heavy atom. The summed E-state index contributed by atoms with van der Waals surface area (Å²) in [7, 11) is 0. The van der Waals surface area contributed by atoms with Crippen molar-refractivity contribution in [2.45, 2.75) is 32.7 Å². The summed E-state index contributed by atoms with van der Waals surface area (Å²) in [5.41, 5.74) is 7.81. The Hall–Kier alpha value is -0.740. The molecule has 0 unspecified atom stereocenters. The number of rotatable bonds is 3. The molecule has 1 aromatic rings. The van der Waals surface area contributed by atoms with Crippen LogP contribution in [-0.4, -0.2) is 16.3 Å². The predicted molar refractivity (Wildman–Crippen MR) is 54.1 cm³/mol. The lowest BCUT2D eigenvalue weighted by Gasteiger charge is -2.16. The number of thiazole rings is 1. The lowest BCUT2D eigenvalue weighted by atomic mass is 9.98. The minimum atomic E-state index is -0.437. The molecule has 4 heteroatoms. The average molecular weight is 198 g/mol. The van der Waals surface area contributed by atoms with Crippen LogP contribution in [0.1, 0.15) is 35.6 Å². The third-order valence-corrected chi connectivity index (χ3v) is 2.58. The monoisotopic (exact) mass is 198 g/mol. The summed E-state index contributed by atoms with van der Waals surface area (Å²) in [6, 6.07) is 0. The van der Waals surface area contributed by atoms with Crippen molar-refractivity contribution in [3.05, 3.63) is 16.1 Å². The summed E-state index contributed by atoms with van der Waals surface area (Å²) in [5, 5.41) is 0. The van der Waals surface area contributed by atoms with Gasteiger partial charge in [0, 0.05) is 12.0 Å². The van der Waals surface area contributed by atoms with Crippen molar-refractivity contribution >= 4 is 17.1 Å². The molecule has 0 saturated heterocycles. The normalized spacial score (nSPS) is 11.7. The van der Waals surface area contributed by atoms with Crippen LogP contribution in [0, 0.1) is 6.92 Å². The molecule has 13 heavy (non-hydrogen) atoms. The maximum absolute atomic E-state index is 11.6. The van der Waals surface area contributed by atoms with Gasteiger partial charge in [0.1, 0.15) is 0 Å². The average Bonchev–Trinajstić information content (AvgIpc) is 2.30. The van der Waals surface area contributed by atoms with E-state index < -0.39 is 5.54 Å². The highest BCUT2D eigenvalue weighted by molar-refractivity contribution is 7.11. The van der Waals surface area contributed by atoms with E-state index in [1.54, 1.807) is 5.51 Å². The highest BCUT2D eigenvalue weighted by Gasteiger charge is 2.20. The first kappa shape index (κ1) is 10.3. The van der Waals surface area contributed by atoms with Crippen LogP contribution in [0.2, 0.25) is 0 Å². The maximum Gasteiger partial charge on any atom is 0.176 e. The SMILES string of the molecule is Cc1ncsc1C(=O)CC(C)(C)N. The number of Topliss-reactive ketones (excluding diaryl/α,β-unsaturated/α-hetero) is 1. The molecule has 72 valence electrons. The Morgan fingerprint density at radius 2 is 2.31 bits per heavy atom. The lowest BCUT2D eigenvalue weighted by molar-refractivity contribution is 0.0963. The van der Waals surface area contributed by atoms with Crippen molar-refractivity contribution in [2.24, 2.45) is 5.73 Å². The molecule has 0 aromatic carbocycles. The highest BCUT2D eigenvalue weighted by Crippen LogP contribution is 2.17. The Morgan fingerprint density at radius 1 is 1.69 bits per heavy atom. The molecule has 0 radical (unpaired) electrons. The summed E-state index contributed by atoms with van der Waals surface area (Å²) in [5.74, 6) is 0.0903. The molecular weight excluding hydrogens is 184 g/mol. The van der Waals surface area contributed by atoms with Crippen molar-refractivity contribution in [1.82, 2.24) is 4.98 Å². The van der Waals surface area contributed by atoms with Crippen LogP contribution in [0.3, 0.4) is 0 Å². The molecule has 0 bridgehead atoms. The number of aromatic nitrogens is 1. The van der Waals surface area contributed by atoms with Gasteiger partial charge < -0.3 is 5.73 Å². The van der Waals surface area contributed by atoms with Gasteiger partial charge in [-0.05, 0) is 20.8 Å². The Labute approximate surface area is 82.0 Å². The fourth-order valence-corrected chi connectivity index (χ4v) is 1.81. The maximum atomic E-state index is 11.6. The number of aryl methyl sites for hydroxylation is 1. The number of hydrogen-bond acceptors (Lipinski definition) is 4. The van der Waals surface area contributed by atoms with Gasteiger partial charge in [-0.25, -0.2) is 4.98 Å². The van der Waals surface area contributed by atoms with Gasteiger partial charge in [0.25, 0.3) is 0 Å². The number of hydrogen-bond donors (Lipinski definition) is 1. The van der Waals surface area contributed by atoms with E-state index >= 15 is 0 Å². The third kappa shape index (κ3) is 2.90. The number of nitrogens with zero attached hydrogens (tertiary/aromatic N) is 1. The van der Waals surface area contributed by atoms with E-state index in [2.05, 4.69) is 4.98 Å². The summed E-state index contributed by atoms with van der Waals surface area (Å²) >= 11 is 1.38. The second kappa shape index (κ2) is 3.55. The largest absolute Gasteiger partial charge is 0.325 e. The van der Waals surface area contributed by atoms with Gasteiger partial charge in [-0.15, -0.1) is 11.3 Å². The molecule has 1 aromatic heterocycles. The molecule has 0 atom stereocenters. The van der Waals surface area contributed by atoms with Crippen LogP contribution in [0.4, 0.5) is 0 Å². The molecule has 0 aliphatic rings. The number of nitrogens with two attached hydrogens (primary N) is 1. The third-order valence-electron chi connectivity index (χ3n) is 1.61. The van der Waals surface area contributed by atoms with Crippen molar-refractivity contribution in [2.75, 3.05) is 0 Å². The van der Waals surface area contributed by atoms with Crippen LogP contribution in [0.5, 0.6) is 0 Å². The van der Waals surface area contributed by atoms with E-state index in [-0.39, 0.29) is 5.78 Å². The minimum Gasteiger partial charge on any atom is -0.325 e. The Kier molecular flexibility index (Phi) is 2.83. The van der Waals surface area contributed by atoms with E-state index in [4.69, 9.17) is 5.73 Å². The molecule has 3 nitrogen and oxygen atoms in total. The zero-order valence-electron chi connectivity index (χ0n) is 8.13. The first-order valence-corrected chi connectivity index (χ1v) is 5.00. The fraction of sp³-hybridized carbons (Fsp3) is 0.556. The molecular formula is C9H14N2OS. The van der Waals surface area contributed by atoms with E-state index in [1.807, 2.05) is 20.8 Å². The van der Waals surface area contributed by atoms with Crippen LogP contribution in [0.15, 0.2) is 5.51 Å². The van der Waals surface area contributed by atoms with Gasteiger partial charge in [-0.3, -0.25) is 4.79 Å². The van der Waals surface area contributed by atoms with Gasteiger partial charge in [0.2, 0.25) is 0 Å². The standard InChI is InChI=1S/C9H14N2OS/c1-6-8(13-5-11-6)7(12)4-9(2,3)10/h5H,4,10H2,1-3H3. The van der Waals surface area contributed by atoms with Crippen molar-refractivity contribution < 1.29 is 4.79 Å². The van der Waals surface area contributed by atoms with Gasteiger partial charge in [0.15, 0.2) is 5.78 Å². The summed E-state index contributed by atoms with van der Waals surface area (Å²) in [4.78, 5) is 16.4. The molecule has 2 N–H and O–H groups in total. The van der Waals surface area contributed by atoms with Gasteiger partial charge in [-0.1, -0.05) is 0 Å². The molecule has 0 spiro atoms. The molecule has 1 heterocycles. The van der Waals surface area contributed by atoms with Crippen LogP contribution >= 0.6 is 11.3 Å². The smallest absolute Gasteiger partial charge is 0.176 e. The van der Waals surface area contributed by atoms with Crippen molar-refractivity contribution in [3.63, 3.8) is 0 Å². The first-order valence-electron chi connectivity index (χ1n) is 4.12. The zero-order valence-corrected chi connectivity index (χ0v) is 8.94. The summed E-state index contributed by atoms with van der Waals surface area (Å²) in [6.45, 7) is 5.54. The van der Waals surface area contributed by atoms with Crippen LogP contribution in [0.25, 0.3) is 0 Å². The van der Waals surface area contributed by atoms with E-state index in [0.29, 0.717) is 6.42 Å². The predicted octanol–water partition coefficient (Wildman–Crippen LogP) is 1.76. The van der Waals surface area contributed by atoms with Gasteiger partial charge >= 0.3 is 0 Å². The summed E-state index contributed by atoms with van der Waals surface area (Å²) in [6.07, 6.45) is 0.371. The fourth-order valence-electron chi connectivity index (χ4n) is 1.06. The highest BCUT2D eigenvalue weighted by atomic mass is 32.1. The topological polar surface area (TPSA) is 56.0 Å². The summed E-state index contributed by atoms with van der Waals surface area (Å²) < 4.78 is 0. The second-order valence-electron chi connectivity index (χ2n) is 3.86. The quantitative estimate of drug-likeness (QED) is 0.753. The van der Waals surface area contributed by atoms with Crippen LogP contribution in [-0.2, 0) is 0 Å². The van der Waals surface area contributed by atoms with Crippen molar-refractivity contribution in [1.29, 1.82) is 0 Å². The molecule has 0 amide bonds. The van der Waals surface area contributed by atoms with E-state index in [9.17, 15) is 4.79 Å². The second-order valence-corrected chi connectivity index (χ2v) is 4.71. The van der Waals surface area contributed by atoms with Gasteiger partial charge in [-0.2, -0.15) is 0 Å². The Bertz CT molecular complexity index is 312. The molecule has 1 rings (SSSR count).